The van der Waals surface area contributed by atoms with Crippen molar-refractivity contribution in [3.63, 3.8) is 0 Å². The lowest BCUT2D eigenvalue weighted by Crippen LogP contribution is -2.64. The Morgan fingerprint density at radius 1 is 1.05 bits per heavy atom. The van der Waals surface area contributed by atoms with Gasteiger partial charge in [-0.25, -0.2) is 0 Å². The van der Waals surface area contributed by atoms with Gasteiger partial charge in [0.15, 0.2) is 18.4 Å². The number of ketones is 1. The zero-order valence-corrected chi connectivity index (χ0v) is 36.6. The molecule has 3 aliphatic heterocycles. The van der Waals surface area contributed by atoms with Crippen molar-refractivity contribution in [2.75, 3.05) is 42.0 Å². The van der Waals surface area contributed by atoms with Crippen molar-refractivity contribution in [1.29, 1.82) is 0 Å². The molecule has 5 unspecified atom stereocenters. The van der Waals surface area contributed by atoms with E-state index in [1.54, 1.807) is 21.3 Å². The van der Waals surface area contributed by atoms with Crippen molar-refractivity contribution in [2.24, 2.45) is 35.3 Å². The number of nitrogens with two attached hydrogens (primary N) is 1. The van der Waals surface area contributed by atoms with Crippen LogP contribution in [0, 0.1) is 29.6 Å². The van der Waals surface area contributed by atoms with Crippen LogP contribution in [0.4, 0.5) is 0 Å². The number of Topliss-reactive ketones (excluding diaryl/α,β-unsaturated/α-hetero) is 1. The van der Waals surface area contributed by atoms with E-state index in [9.17, 15) is 14.7 Å². The van der Waals surface area contributed by atoms with Crippen molar-refractivity contribution < 1.29 is 52.6 Å². The topological polar surface area (TPSA) is 157 Å². The molecule has 0 aromatic rings. The minimum atomic E-state index is -0.922. The van der Waals surface area contributed by atoms with Crippen molar-refractivity contribution in [1.82, 2.24) is 4.90 Å². The number of allylic oxidation sites excluding steroid dienone is 1. The van der Waals surface area contributed by atoms with Gasteiger partial charge in [0.25, 0.3) is 0 Å². The summed E-state index contributed by atoms with van der Waals surface area (Å²) >= 11 is 3.89. The van der Waals surface area contributed by atoms with Crippen LogP contribution in [0.25, 0.3) is 0 Å². The fraction of sp³-hybridized carbons (Fsp3) is 0.905. The van der Waals surface area contributed by atoms with E-state index < -0.39 is 58.7 Å². The number of nitrogens with zero attached hydrogens (tertiary/aromatic N) is 1. The number of likely N-dealkylation sites (N-methyl/N-ethyl adjacent to an activating group) is 1. The lowest BCUT2D eigenvalue weighted by molar-refractivity contribution is -0.321. The molecular formula is C42H69BrN2O11. The summed E-state index contributed by atoms with van der Waals surface area (Å²) in [6, 6.07) is 0.300. The standard InChI is InChI=1S/C42H69BrN2O11/c1-10-24-13-12-14-31(56-33-16-15-30(45(5)6)23(4)53-33)22(3)36(47)27-18-28-34(26(27)19-32(46)54-24)35(43)37(48)29-17-25(20-42(28,29)44)55-40-38(49-7)39(50-8)41(11-2,51-9)21-52-40/h18,22-26,28-31,33-35,37-40,48H,10-17,19-21,44H2,1-9H3/t22-,23?,24+,25-,26-,28-,29+,30+,31+,33+,34+,35?,37?,38?,39?,40+,41+,42-/m1/s1. The van der Waals surface area contributed by atoms with E-state index in [1.807, 2.05) is 26.8 Å². The van der Waals surface area contributed by atoms with Gasteiger partial charge in [-0.1, -0.05) is 42.8 Å². The van der Waals surface area contributed by atoms with E-state index in [1.165, 1.54) is 0 Å². The molecule has 14 heteroatoms. The molecular weight excluding hydrogens is 788 g/mol. The third-order valence-electron chi connectivity index (χ3n) is 14.6. The van der Waals surface area contributed by atoms with E-state index in [0.29, 0.717) is 50.1 Å². The Kier molecular flexibility index (Phi) is 14.5. The first-order valence-corrected chi connectivity index (χ1v) is 22.0. The average molecular weight is 858 g/mol. The molecule has 0 radical (unpaired) electrons. The Bertz CT molecular complexity index is 1400. The van der Waals surface area contributed by atoms with Gasteiger partial charge in [0.05, 0.1) is 37.4 Å². The van der Waals surface area contributed by atoms with Gasteiger partial charge in [-0.2, -0.15) is 0 Å². The molecule has 3 saturated heterocycles. The molecule has 0 bridgehead atoms. The fourth-order valence-electron chi connectivity index (χ4n) is 11.3. The first kappa shape index (κ1) is 44.5. The van der Waals surface area contributed by atoms with Gasteiger partial charge in [0, 0.05) is 61.4 Å². The van der Waals surface area contributed by atoms with Crippen LogP contribution in [-0.4, -0.2) is 141 Å². The number of carbonyl (C=O) groups excluding carboxylic acids is 2. The van der Waals surface area contributed by atoms with Gasteiger partial charge in [-0.05, 0) is 90.3 Å². The largest absolute Gasteiger partial charge is 0.462 e. The number of methoxy groups -OCH3 is 3. The molecule has 13 nitrogen and oxygen atoms in total. The predicted molar refractivity (Wildman–Crippen MR) is 212 cm³/mol. The maximum absolute atomic E-state index is 14.9. The molecule has 56 heavy (non-hydrogen) atoms. The summed E-state index contributed by atoms with van der Waals surface area (Å²) in [5.41, 5.74) is 6.48. The highest BCUT2D eigenvalue weighted by Gasteiger charge is 2.65. The molecule has 5 fully saturated rings. The number of halogens is 1. The quantitative estimate of drug-likeness (QED) is 0.234. The number of esters is 1. The van der Waals surface area contributed by atoms with Gasteiger partial charge in [-0.15, -0.1) is 0 Å². The van der Waals surface area contributed by atoms with Gasteiger partial charge in [0.1, 0.15) is 23.9 Å². The van der Waals surface area contributed by atoms with Crippen LogP contribution in [0.5, 0.6) is 0 Å². The highest BCUT2D eigenvalue weighted by molar-refractivity contribution is 9.09. The third kappa shape index (κ3) is 8.34. The Labute approximate surface area is 342 Å². The summed E-state index contributed by atoms with van der Waals surface area (Å²) in [7, 11) is 9.03. The van der Waals surface area contributed by atoms with Crippen LogP contribution in [0.3, 0.4) is 0 Å². The van der Waals surface area contributed by atoms with Crippen LogP contribution in [0.15, 0.2) is 11.6 Å². The molecule has 0 amide bonds. The van der Waals surface area contributed by atoms with Crippen LogP contribution >= 0.6 is 15.9 Å². The van der Waals surface area contributed by atoms with Gasteiger partial charge in [-0.3, -0.25) is 9.59 Å². The molecule has 3 heterocycles. The summed E-state index contributed by atoms with van der Waals surface area (Å²) in [5, 5.41) is 12.0. The lowest BCUT2D eigenvalue weighted by atomic mass is 9.61. The number of hydrogen-bond acceptors (Lipinski definition) is 13. The van der Waals surface area contributed by atoms with E-state index >= 15 is 0 Å². The number of ether oxygens (including phenoxy) is 8. The minimum Gasteiger partial charge on any atom is -0.462 e. The smallest absolute Gasteiger partial charge is 0.306 e. The number of fused-ring (bicyclic) bond motifs is 5. The number of aliphatic hydroxyl groups is 1. The summed E-state index contributed by atoms with van der Waals surface area (Å²) < 4.78 is 49.9. The van der Waals surface area contributed by atoms with Gasteiger partial charge in [0.2, 0.25) is 0 Å². The van der Waals surface area contributed by atoms with Crippen LogP contribution in [0.2, 0.25) is 0 Å². The average Bonchev–Trinajstić information content (AvgIpc) is 3.73. The zero-order chi connectivity index (χ0) is 40.7. The van der Waals surface area contributed by atoms with E-state index in [0.717, 1.165) is 19.3 Å². The summed E-state index contributed by atoms with van der Waals surface area (Å²) in [4.78, 5) is 30.3. The van der Waals surface area contributed by atoms with E-state index in [4.69, 9.17) is 43.6 Å². The van der Waals surface area contributed by atoms with Crippen molar-refractivity contribution in [3.8, 4) is 0 Å². The molecule has 18 atom stereocenters. The summed E-state index contributed by atoms with van der Waals surface area (Å²) in [5.74, 6) is -2.34. The number of cyclic esters (lactones) is 1. The number of aliphatic hydroxyl groups excluding tert-OH is 1. The Hall–Kier alpha value is -1.04. The molecule has 6 rings (SSSR count). The maximum atomic E-state index is 14.9. The number of rotatable bonds is 10. The van der Waals surface area contributed by atoms with Gasteiger partial charge >= 0.3 is 5.97 Å². The molecule has 320 valence electrons. The van der Waals surface area contributed by atoms with Crippen molar-refractivity contribution in [2.45, 2.75) is 169 Å². The number of carbonyl (C=O) groups is 2. The molecule has 2 saturated carbocycles. The molecule has 0 spiro atoms. The SMILES string of the molecule is CC[C@H]1CCC[C@H](O[C@H]2CC[C@H](N(C)C)C(C)O2)[C@@H](C)C(=O)C2=C[C@@H]3[C@@H](C(Br)C(O)[C@@H]4C[C@@H](O[C@@H]5OC[C@](CC)(OC)C(OC)C5OC)C[C@@]34N)[C@@H]2CC(=O)O1. The second kappa shape index (κ2) is 18.3. The first-order chi connectivity index (χ1) is 26.7. The second-order valence-electron chi connectivity index (χ2n) is 17.7. The van der Waals surface area contributed by atoms with E-state index in [-0.39, 0.29) is 66.9 Å². The highest BCUT2D eigenvalue weighted by atomic mass is 79.9. The number of hydrogen-bond donors (Lipinski definition) is 2. The predicted octanol–water partition coefficient (Wildman–Crippen LogP) is 4.53. The normalized spacial score (nSPS) is 47.6. The highest BCUT2D eigenvalue weighted by Crippen LogP contribution is 2.59. The Morgan fingerprint density at radius 2 is 1.80 bits per heavy atom. The monoisotopic (exact) mass is 856 g/mol. The lowest BCUT2D eigenvalue weighted by Gasteiger charge is -2.51. The summed E-state index contributed by atoms with van der Waals surface area (Å²) in [6.07, 6.45) is 4.08. The molecule has 3 N–H and O–H groups in total. The maximum Gasteiger partial charge on any atom is 0.306 e. The van der Waals surface area contributed by atoms with Crippen LogP contribution < -0.4 is 5.73 Å². The Morgan fingerprint density at radius 3 is 2.43 bits per heavy atom. The zero-order valence-electron chi connectivity index (χ0n) is 35.0. The second-order valence-corrected chi connectivity index (χ2v) is 18.8. The van der Waals surface area contributed by atoms with Gasteiger partial charge < -0.3 is 53.6 Å². The van der Waals surface area contributed by atoms with Crippen molar-refractivity contribution in [3.05, 3.63) is 11.6 Å². The Balaban J connectivity index is 1.27. The van der Waals surface area contributed by atoms with Crippen molar-refractivity contribution >= 4 is 27.7 Å². The van der Waals surface area contributed by atoms with E-state index in [2.05, 4.69) is 41.8 Å². The molecule has 0 aromatic heterocycles. The molecule has 6 aliphatic rings. The first-order valence-electron chi connectivity index (χ1n) is 21.1. The third-order valence-corrected chi connectivity index (χ3v) is 15.7. The van der Waals surface area contributed by atoms with Crippen LogP contribution in [0.1, 0.15) is 91.9 Å². The minimum absolute atomic E-state index is 0.00755. The fourth-order valence-corrected chi connectivity index (χ4v) is 12.4. The summed E-state index contributed by atoms with van der Waals surface area (Å²) in [6.45, 7) is 8.35. The van der Waals surface area contributed by atoms with Crippen LogP contribution in [-0.2, 0) is 47.5 Å². The molecule has 3 aliphatic carbocycles. The number of alkyl halides is 1. The molecule has 0 aromatic carbocycles.